The largest absolute Gasteiger partial charge is 0.349 e. The molecule has 0 aliphatic rings. The number of unbranched alkanes of at least 4 members (excludes halogenated alkanes) is 1. The van der Waals surface area contributed by atoms with Crippen LogP contribution in [0.4, 0.5) is 0 Å². The van der Waals surface area contributed by atoms with E-state index in [1.54, 1.807) is 0 Å². The van der Waals surface area contributed by atoms with Crippen LogP contribution in [0, 0.1) is 0 Å². The lowest BCUT2D eigenvalue weighted by molar-refractivity contribution is 0.518. The van der Waals surface area contributed by atoms with Gasteiger partial charge in [-0.3, -0.25) is 0 Å². The van der Waals surface area contributed by atoms with Gasteiger partial charge in [-0.25, -0.2) is 0 Å². The molecule has 0 aromatic rings. The highest BCUT2D eigenvalue weighted by molar-refractivity contribution is 5.00. The predicted octanol–water partition coefficient (Wildman–Crippen LogP) is 3.49. The molecule has 0 rings (SSSR count). The maximum absolute atomic E-state index is 3.88. The van der Waals surface area contributed by atoms with Gasteiger partial charge in [-0.1, -0.05) is 24.8 Å². The van der Waals surface area contributed by atoms with Crippen molar-refractivity contribution in [2.45, 2.75) is 19.8 Å². The van der Waals surface area contributed by atoms with E-state index in [9.17, 15) is 0 Å². The highest BCUT2D eigenvalue weighted by Gasteiger charge is 1.94. The molecule has 0 saturated carbocycles. The Morgan fingerprint density at radius 1 is 1.23 bits per heavy atom. The maximum atomic E-state index is 3.88. The highest BCUT2D eigenvalue weighted by atomic mass is 15.1. The third-order valence-corrected chi connectivity index (χ3v) is 1.64. The lowest BCUT2D eigenvalue weighted by atomic mass is 10.3. The van der Waals surface area contributed by atoms with Crippen molar-refractivity contribution in [1.82, 2.24) is 4.90 Å². The van der Waals surface area contributed by atoms with Gasteiger partial charge in [0.1, 0.15) is 0 Å². The molecule has 0 aromatic heterocycles. The average molecular weight is 177 g/mol. The number of hydrogen-bond donors (Lipinski definition) is 0. The minimum Gasteiger partial charge on any atom is -0.349 e. The van der Waals surface area contributed by atoms with Gasteiger partial charge in [0.15, 0.2) is 0 Å². The smallest absolute Gasteiger partial charge is 0.0399 e. The van der Waals surface area contributed by atoms with Crippen LogP contribution in [0.3, 0.4) is 0 Å². The first-order valence-electron chi connectivity index (χ1n) is 4.53. The Hall–Kier alpha value is -1.24. The minimum atomic E-state index is 0.819. The summed E-state index contributed by atoms with van der Waals surface area (Å²) in [5.41, 5.74) is 1.04. The van der Waals surface area contributed by atoms with Crippen molar-refractivity contribution in [3.8, 4) is 0 Å². The summed E-state index contributed by atoms with van der Waals surface area (Å²) in [6.45, 7) is 14.0. The zero-order valence-electron chi connectivity index (χ0n) is 8.50. The van der Waals surface area contributed by atoms with E-state index in [4.69, 9.17) is 0 Å². The van der Waals surface area contributed by atoms with Crippen LogP contribution in [0.1, 0.15) is 19.8 Å². The fraction of sp³-hybridized carbons (Fsp3) is 0.333. The fourth-order valence-corrected chi connectivity index (χ4v) is 0.899. The Balaban J connectivity index is 3.92. The molecule has 0 bridgehead atoms. The second-order valence-corrected chi connectivity index (χ2v) is 2.93. The van der Waals surface area contributed by atoms with Gasteiger partial charge in [0, 0.05) is 18.4 Å². The van der Waals surface area contributed by atoms with Crippen LogP contribution in [0.5, 0.6) is 0 Å². The standard InChI is InChI=1S/C12H19N/c1-5-7-8-9-11-13(10-6-2)12(3)4/h5-6,9,11H,1-3,7-8,10H2,4H3/b11-9+. The van der Waals surface area contributed by atoms with Gasteiger partial charge in [0.25, 0.3) is 0 Å². The molecule has 0 radical (unpaired) electrons. The molecule has 0 fully saturated rings. The summed E-state index contributed by atoms with van der Waals surface area (Å²) in [7, 11) is 0. The summed E-state index contributed by atoms with van der Waals surface area (Å²) in [4.78, 5) is 2.07. The van der Waals surface area contributed by atoms with Crippen LogP contribution in [0.25, 0.3) is 0 Å². The molecule has 0 amide bonds. The van der Waals surface area contributed by atoms with E-state index in [2.05, 4.69) is 30.7 Å². The quantitative estimate of drug-likeness (QED) is 0.425. The van der Waals surface area contributed by atoms with Crippen molar-refractivity contribution in [1.29, 1.82) is 0 Å². The predicted molar refractivity (Wildman–Crippen MR) is 60.3 cm³/mol. The molecule has 72 valence electrons. The van der Waals surface area contributed by atoms with Gasteiger partial charge < -0.3 is 4.90 Å². The van der Waals surface area contributed by atoms with E-state index in [1.165, 1.54) is 0 Å². The first-order chi connectivity index (χ1) is 6.22. The molecular formula is C12H19N. The molecule has 0 spiro atoms. The van der Waals surface area contributed by atoms with E-state index in [-0.39, 0.29) is 0 Å². The Kier molecular flexibility index (Phi) is 6.70. The van der Waals surface area contributed by atoms with Crippen molar-refractivity contribution in [2.24, 2.45) is 0 Å². The zero-order chi connectivity index (χ0) is 10.1. The summed E-state index contributed by atoms with van der Waals surface area (Å²) < 4.78 is 0. The van der Waals surface area contributed by atoms with E-state index in [0.717, 1.165) is 25.1 Å². The van der Waals surface area contributed by atoms with Crippen LogP contribution in [0.15, 0.2) is 49.9 Å². The Bertz CT molecular complexity index is 201. The third kappa shape index (κ3) is 5.97. The van der Waals surface area contributed by atoms with Gasteiger partial charge in [-0.2, -0.15) is 0 Å². The van der Waals surface area contributed by atoms with Crippen molar-refractivity contribution in [3.05, 3.63) is 49.9 Å². The zero-order valence-corrected chi connectivity index (χ0v) is 8.50. The minimum absolute atomic E-state index is 0.819. The first kappa shape index (κ1) is 11.8. The monoisotopic (exact) mass is 177 g/mol. The average Bonchev–Trinajstić information content (AvgIpc) is 2.10. The molecular weight excluding hydrogens is 158 g/mol. The van der Waals surface area contributed by atoms with Gasteiger partial charge in [0.2, 0.25) is 0 Å². The normalized spacial score (nSPS) is 9.92. The third-order valence-electron chi connectivity index (χ3n) is 1.64. The Morgan fingerprint density at radius 3 is 2.38 bits per heavy atom. The summed E-state index contributed by atoms with van der Waals surface area (Å²) in [5.74, 6) is 0. The van der Waals surface area contributed by atoms with Crippen LogP contribution >= 0.6 is 0 Å². The summed E-state index contributed by atoms with van der Waals surface area (Å²) in [6, 6.07) is 0. The lowest BCUT2D eigenvalue weighted by Gasteiger charge is -2.17. The van der Waals surface area contributed by atoms with E-state index >= 15 is 0 Å². The highest BCUT2D eigenvalue weighted by Crippen LogP contribution is 2.02. The molecule has 0 aromatic carbocycles. The summed E-state index contributed by atoms with van der Waals surface area (Å²) in [6.07, 6.45) is 10.0. The van der Waals surface area contributed by atoms with Crippen LogP contribution in [-0.4, -0.2) is 11.4 Å². The van der Waals surface area contributed by atoms with Crippen LogP contribution < -0.4 is 0 Å². The molecule has 1 nitrogen and oxygen atoms in total. The van der Waals surface area contributed by atoms with Crippen molar-refractivity contribution >= 4 is 0 Å². The van der Waals surface area contributed by atoms with Crippen molar-refractivity contribution < 1.29 is 0 Å². The number of nitrogens with zero attached hydrogens (tertiary/aromatic N) is 1. The van der Waals surface area contributed by atoms with Crippen LogP contribution in [-0.2, 0) is 0 Å². The number of rotatable bonds is 7. The van der Waals surface area contributed by atoms with Gasteiger partial charge in [-0.15, -0.1) is 13.2 Å². The maximum Gasteiger partial charge on any atom is 0.0399 e. The molecule has 13 heavy (non-hydrogen) atoms. The fourth-order valence-electron chi connectivity index (χ4n) is 0.899. The van der Waals surface area contributed by atoms with Crippen molar-refractivity contribution in [2.75, 3.05) is 6.54 Å². The van der Waals surface area contributed by atoms with E-state index in [0.29, 0.717) is 0 Å². The molecule has 0 saturated heterocycles. The topological polar surface area (TPSA) is 3.24 Å². The van der Waals surface area contributed by atoms with Gasteiger partial charge in [-0.05, 0) is 19.8 Å². The summed E-state index contributed by atoms with van der Waals surface area (Å²) >= 11 is 0. The lowest BCUT2D eigenvalue weighted by Crippen LogP contribution is -2.13. The molecule has 0 N–H and O–H groups in total. The van der Waals surface area contributed by atoms with Crippen LogP contribution in [0.2, 0.25) is 0 Å². The Morgan fingerprint density at radius 2 is 1.92 bits per heavy atom. The van der Waals surface area contributed by atoms with Gasteiger partial charge >= 0.3 is 0 Å². The first-order valence-corrected chi connectivity index (χ1v) is 4.53. The van der Waals surface area contributed by atoms with Crippen molar-refractivity contribution in [3.63, 3.8) is 0 Å². The Labute approximate surface area is 81.8 Å². The molecule has 0 heterocycles. The molecule has 0 aliphatic carbocycles. The number of allylic oxidation sites excluding steroid dienone is 3. The molecule has 0 unspecified atom stereocenters. The second-order valence-electron chi connectivity index (χ2n) is 2.93. The molecule has 0 atom stereocenters. The summed E-state index contributed by atoms with van der Waals surface area (Å²) in [5, 5.41) is 0. The SMILES string of the molecule is C=CCC/C=C/N(CC=C)C(=C)C. The van der Waals surface area contributed by atoms with E-state index < -0.39 is 0 Å². The van der Waals surface area contributed by atoms with Gasteiger partial charge in [0.05, 0.1) is 0 Å². The van der Waals surface area contributed by atoms with E-state index in [1.807, 2.05) is 25.3 Å². The molecule has 0 aliphatic heterocycles. The second kappa shape index (κ2) is 7.41. The number of hydrogen-bond acceptors (Lipinski definition) is 1. The molecule has 1 heteroatoms.